The number of thioether (sulfide) groups is 1. The van der Waals surface area contributed by atoms with Gasteiger partial charge in [0, 0.05) is 14.6 Å². The summed E-state index contributed by atoms with van der Waals surface area (Å²) in [5.41, 5.74) is 1.88. The third-order valence-electron chi connectivity index (χ3n) is 3.33. The zero-order valence-corrected chi connectivity index (χ0v) is 17.1. The van der Waals surface area contributed by atoms with E-state index in [0.717, 1.165) is 20.2 Å². The topological polar surface area (TPSA) is 32.3 Å². The average Bonchev–Trinajstić information content (AvgIpc) is 2.82. The standard InChI is InChI=1S/C17H12Br2N2OS2/c18-12-5-3-6-13(9-12)20-10-21-16(22)15(24-17(21)23)8-11-4-1-2-7-14(11)19/h1-9,20H,10H2. The predicted molar refractivity (Wildman–Crippen MR) is 112 cm³/mol. The Balaban J connectivity index is 1.73. The van der Waals surface area contributed by atoms with Crippen LogP contribution in [-0.2, 0) is 4.79 Å². The first-order chi connectivity index (χ1) is 11.5. The Morgan fingerprint density at radius 3 is 2.71 bits per heavy atom. The third kappa shape index (κ3) is 4.08. The van der Waals surface area contributed by atoms with Crippen molar-refractivity contribution in [1.29, 1.82) is 0 Å². The minimum atomic E-state index is -0.0803. The molecule has 0 saturated carbocycles. The Kier molecular flexibility index (Phi) is 5.76. The first-order valence-corrected chi connectivity index (χ1v) is 9.85. The van der Waals surface area contributed by atoms with Gasteiger partial charge in [0.05, 0.1) is 11.6 Å². The number of amides is 1. The molecule has 2 aromatic carbocycles. The van der Waals surface area contributed by atoms with Gasteiger partial charge in [-0.15, -0.1) is 0 Å². The summed E-state index contributed by atoms with van der Waals surface area (Å²) in [4.78, 5) is 14.8. The van der Waals surface area contributed by atoms with E-state index in [9.17, 15) is 4.79 Å². The van der Waals surface area contributed by atoms with Gasteiger partial charge >= 0.3 is 0 Å². The SMILES string of the molecule is O=C1C(=Cc2ccccc2Br)SC(=S)N1CNc1cccc(Br)c1. The number of nitrogens with one attached hydrogen (secondary N) is 1. The second kappa shape index (κ2) is 7.82. The summed E-state index contributed by atoms with van der Waals surface area (Å²) in [6.45, 7) is 0.342. The maximum atomic E-state index is 12.6. The van der Waals surface area contributed by atoms with Crippen LogP contribution in [0.25, 0.3) is 6.08 Å². The van der Waals surface area contributed by atoms with Gasteiger partial charge in [0.25, 0.3) is 5.91 Å². The number of benzene rings is 2. The van der Waals surface area contributed by atoms with Crippen LogP contribution in [0, 0.1) is 0 Å². The summed E-state index contributed by atoms with van der Waals surface area (Å²) in [6, 6.07) is 15.6. The van der Waals surface area contributed by atoms with E-state index >= 15 is 0 Å². The zero-order chi connectivity index (χ0) is 17.1. The molecule has 0 radical (unpaired) electrons. The van der Waals surface area contributed by atoms with Crippen LogP contribution in [-0.4, -0.2) is 21.8 Å². The van der Waals surface area contributed by atoms with E-state index in [2.05, 4.69) is 37.2 Å². The predicted octanol–water partition coefficient (Wildman–Crippen LogP) is 5.48. The molecule has 0 bridgehead atoms. The Hall–Kier alpha value is -1.15. The number of hydrogen-bond donors (Lipinski definition) is 1. The van der Waals surface area contributed by atoms with Crippen molar-refractivity contribution >= 4 is 77.8 Å². The molecule has 0 aliphatic carbocycles. The zero-order valence-electron chi connectivity index (χ0n) is 12.3. The fourth-order valence-electron chi connectivity index (χ4n) is 2.14. The molecule has 1 N–H and O–H groups in total. The Morgan fingerprint density at radius 2 is 1.96 bits per heavy atom. The molecule has 1 saturated heterocycles. The molecule has 122 valence electrons. The van der Waals surface area contributed by atoms with Crippen molar-refractivity contribution in [3.8, 4) is 0 Å². The summed E-state index contributed by atoms with van der Waals surface area (Å²) in [5, 5.41) is 3.22. The number of rotatable bonds is 4. The molecule has 24 heavy (non-hydrogen) atoms. The molecule has 0 aromatic heterocycles. The van der Waals surface area contributed by atoms with E-state index in [4.69, 9.17) is 12.2 Å². The summed E-state index contributed by atoms with van der Waals surface area (Å²) in [5.74, 6) is -0.0803. The van der Waals surface area contributed by atoms with Gasteiger partial charge in [-0.05, 0) is 35.9 Å². The van der Waals surface area contributed by atoms with Crippen molar-refractivity contribution in [2.24, 2.45) is 0 Å². The van der Waals surface area contributed by atoms with Crippen LogP contribution in [0.15, 0.2) is 62.4 Å². The summed E-state index contributed by atoms with van der Waals surface area (Å²) in [6.07, 6.45) is 1.86. The van der Waals surface area contributed by atoms with Crippen molar-refractivity contribution in [2.45, 2.75) is 0 Å². The Morgan fingerprint density at radius 1 is 1.17 bits per heavy atom. The molecule has 1 heterocycles. The Labute approximate surface area is 166 Å². The number of carbonyl (C=O) groups is 1. The average molecular weight is 484 g/mol. The lowest BCUT2D eigenvalue weighted by molar-refractivity contribution is -0.121. The van der Waals surface area contributed by atoms with E-state index in [1.165, 1.54) is 11.8 Å². The van der Waals surface area contributed by atoms with Crippen LogP contribution in [0.2, 0.25) is 0 Å². The molecule has 1 aliphatic heterocycles. The van der Waals surface area contributed by atoms with Gasteiger partial charge in [0.15, 0.2) is 0 Å². The molecule has 0 spiro atoms. The van der Waals surface area contributed by atoms with Crippen LogP contribution in [0.3, 0.4) is 0 Å². The van der Waals surface area contributed by atoms with Crippen molar-refractivity contribution in [1.82, 2.24) is 4.90 Å². The maximum Gasteiger partial charge on any atom is 0.267 e. The van der Waals surface area contributed by atoms with Gasteiger partial charge < -0.3 is 5.32 Å². The molecule has 3 nitrogen and oxygen atoms in total. The van der Waals surface area contributed by atoms with Gasteiger partial charge in [0.2, 0.25) is 0 Å². The highest BCUT2D eigenvalue weighted by Crippen LogP contribution is 2.33. The minimum Gasteiger partial charge on any atom is -0.367 e. The smallest absolute Gasteiger partial charge is 0.267 e. The molecular weight excluding hydrogens is 472 g/mol. The van der Waals surface area contributed by atoms with Crippen LogP contribution in [0.4, 0.5) is 5.69 Å². The largest absolute Gasteiger partial charge is 0.367 e. The quantitative estimate of drug-likeness (QED) is 0.460. The molecule has 3 rings (SSSR count). The minimum absolute atomic E-state index is 0.0803. The van der Waals surface area contributed by atoms with Gasteiger partial charge in [-0.2, -0.15) is 0 Å². The molecule has 2 aromatic rings. The van der Waals surface area contributed by atoms with E-state index < -0.39 is 0 Å². The number of carbonyl (C=O) groups excluding carboxylic acids is 1. The highest BCUT2D eigenvalue weighted by molar-refractivity contribution is 9.10. The van der Waals surface area contributed by atoms with E-state index in [1.54, 1.807) is 4.90 Å². The monoisotopic (exact) mass is 482 g/mol. The van der Waals surface area contributed by atoms with E-state index in [1.807, 2.05) is 54.6 Å². The molecule has 1 amide bonds. The molecule has 1 aliphatic rings. The fourth-order valence-corrected chi connectivity index (χ4v) is 4.18. The third-order valence-corrected chi connectivity index (χ3v) is 5.92. The van der Waals surface area contributed by atoms with Crippen molar-refractivity contribution in [3.63, 3.8) is 0 Å². The van der Waals surface area contributed by atoms with Crippen LogP contribution in [0.5, 0.6) is 0 Å². The highest BCUT2D eigenvalue weighted by Gasteiger charge is 2.31. The Bertz CT molecular complexity index is 839. The van der Waals surface area contributed by atoms with Crippen LogP contribution in [0.1, 0.15) is 5.56 Å². The van der Waals surface area contributed by atoms with Gasteiger partial charge in [-0.1, -0.05) is 80.1 Å². The first-order valence-electron chi connectivity index (χ1n) is 7.04. The van der Waals surface area contributed by atoms with Crippen molar-refractivity contribution in [2.75, 3.05) is 12.0 Å². The van der Waals surface area contributed by atoms with E-state index in [-0.39, 0.29) is 5.91 Å². The molecule has 0 atom stereocenters. The lowest BCUT2D eigenvalue weighted by Gasteiger charge is -2.16. The number of anilines is 1. The van der Waals surface area contributed by atoms with Crippen LogP contribution < -0.4 is 5.32 Å². The lowest BCUT2D eigenvalue weighted by Crippen LogP contribution is -2.33. The van der Waals surface area contributed by atoms with E-state index in [0.29, 0.717) is 15.9 Å². The molecule has 0 unspecified atom stereocenters. The summed E-state index contributed by atoms with van der Waals surface area (Å²) >= 11 is 13.6. The first kappa shape index (κ1) is 17.7. The normalized spacial score (nSPS) is 16.1. The second-order valence-corrected chi connectivity index (χ2v) is 8.42. The number of halogens is 2. The van der Waals surface area contributed by atoms with Crippen LogP contribution >= 0.6 is 55.8 Å². The van der Waals surface area contributed by atoms with Crippen molar-refractivity contribution < 1.29 is 4.79 Å². The molecular formula is C17H12Br2N2OS2. The highest BCUT2D eigenvalue weighted by atomic mass is 79.9. The van der Waals surface area contributed by atoms with Gasteiger partial charge in [-0.25, -0.2) is 0 Å². The second-order valence-electron chi connectivity index (χ2n) is 4.98. The summed E-state index contributed by atoms with van der Waals surface area (Å²) in [7, 11) is 0. The van der Waals surface area contributed by atoms with Gasteiger partial charge in [0.1, 0.15) is 4.32 Å². The van der Waals surface area contributed by atoms with Crippen molar-refractivity contribution in [3.05, 3.63) is 67.9 Å². The van der Waals surface area contributed by atoms with Gasteiger partial charge in [-0.3, -0.25) is 9.69 Å². The molecule has 1 fully saturated rings. The lowest BCUT2D eigenvalue weighted by atomic mass is 10.2. The summed E-state index contributed by atoms with van der Waals surface area (Å²) < 4.78 is 2.48. The molecule has 7 heteroatoms. The number of nitrogens with zero attached hydrogens (tertiary/aromatic N) is 1. The number of hydrogen-bond acceptors (Lipinski definition) is 4. The number of thiocarbonyl (C=S) groups is 1. The maximum absolute atomic E-state index is 12.6. The fraction of sp³-hybridized carbons (Fsp3) is 0.0588.